The molecule has 0 saturated carbocycles. The number of fused-ring (bicyclic) bond motifs is 1. The summed E-state index contributed by atoms with van der Waals surface area (Å²) in [7, 11) is 0. The monoisotopic (exact) mass is 370 g/mol. The Balaban J connectivity index is 1.70. The standard InChI is InChI=1S/C23H22N4O/c1-16-14-18(17-6-3-2-4-7-17)9-10-20(16)27-21-8-5-12-25-22(21)26(23(27)28)19-11-13-24-15-19/h2-10,12,14,19,24H,11,13,15H2,1H3/t19-/m0/s1. The summed E-state index contributed by atoms with van der Waals surface area (Å²) in [5.74, 6) is 0. The molecule has 2 aromatic carbocycles. The van der Waals surface area contributed by atoms with Crippen LogP contribution in [-0.4, -0.2) is 27.2 Å². The van der Waals surface area contributed by atoms with E-state index in [0.29, 0.717) is 0 Å². The molecule has 1 aliphatic heterocycles. The van der Waals surface area contributed by atoms with Crippen LogP contribution in [0.2, 0.25) is 0 Å². The molecule has 1 fully saturated rings. The minimum Gasteiger partial charge on any atom is -0.315 e. The Morgan fingerprint density at radius 3 is 2.64 bits per heavy atom. The van der Waals surface area contributed by atoms with Gasteiger partial charge in [0.15, 0.2) is 5.65 Å². The Hall–Kier alpha value is -3.18. The third-order valence-corrected chi connectivity index (χ3v) is 5.58. The minimum atomic E-state index is -0.0158. The van der Waals surface area contributed by atoms with Gasteiger partial charge < -0.3 is 5.32 Å². The summed E-state index contributed by atoms with van der Waals surface area (Å²) in [5.41, 5.74) is 5.89. The van der Waals surface area contributed by atoms with Crippen molar-refractivity contribution in [1.29, 1.82) is 0 Å². The molecule has 2 aromatic heterocycles. The second kappa shape index (κ2) is 6.77. The van der Waals surface area contributed by atoms with Gasteiger partial charge in [-0.05, 0) is 60.8 Å². The average Bonchev–Trinajstić information content (AvgIpc) is 3.34. The van der Waals surface area contributed by atoms with Crippen LogP contribution in [-0.2, 0) is 0 Å². The molecule has 1 atom stereocenters. The number of aryl methyl sites for hydroxylation is 1. The SMILES string of the molecule is Cc1cc(-c2ccccc2)ccc1-n1c(=O)n([C@H]2CCNC2)c2ncccc21. The van der Waals surface area contributed by atoms with Crippen molar-refractivity contribution in [2.24, 2.45) is 0 Å². The summed E-state index contributed by atoms with van der Waals surface area (Å²) < 4.78 is 3.67. The van der Waals surface area contributed by atoms with Gasteiger partial charge in [-0.3, -0.25) is 9.13 Å². The van der Waals surface area contributed by atoms with Crippen LogP contribution in [0.15, 0.2) is 71.7 Å². The number of imidazole rings is 1. The zero-order valence-corrected chi connectivity index (χ0v) is 15.8. The first-order valence-corrected chi connectivity index (χ1v) is 9.69. The van der Waals surface area contributed by atoms with Crippen LogP contribution < -0.4 is 11.0 Å². The third kappa shape index (κ3) is 2.67. The van der Waals surface area contributed by atoms with Crippen LogP contribution in [0, 0.1) is 6.92 Å². The minimum absolute atomic E-state index is 0.0158. The van der Waals surface area contributed by atoms with Crippen LogP contribution >= 0.6 is 0 Å². The van der Waals surface area contributed by atoms with Gasteiger partial charge in [-0.1, -0.05) is 36.4 Å². The molecule has 140 valence electrons. The Kier molecular flexibility index (Phi) is 4.10. The second-order valence-electron chi connectivity index (χ2n) is 7.35. The molecule has 1 N–H and O–H groups in total. The Morgan fingerprint density at radius 2 is 1.89 bits per heavy atom. The lowest BCUT2D eigenvalue weighted by atomic mass is 10.0. The number of nitrogens with one attached hydrogen (secondary N) is 1. The first kappa shape index (κ1) is 17.0. The van der Waals surface area contributed by atoms with E-state index >= 15 is 0 Å². The summed E-state index contributed by atoms with van der Waals surface area (Å²) in [6.45, 7) is 3.80. The van der Waals surface area contributed by atoms with E-state index in [1.54, 1.807) is 6.20 Å². The Morgan fingerprint density at radius 1 is 1.04 bits per heavy atom. The van der Waals surface area contributed by atoms with Gasteiger partial charge in [0.05, 0.1) is 17.2 Å². The van der Waals surface area contributed by atoms with Crippen molar-refractivity contribution in [2.75, 3.05) is 13.1 Å². The second-order valence-corrected chi connectivity index (χ2v) is 7.35. The van der Waals surface area contributed by atoms with E-state index in [-0.39, 0.29) is 11.7 Å². The smallest absolute Gasteiger partial charge is 0.315 e. The van der Waals surface area contributed by atoms with E-state index in [1.807, 2.05) is 45.5 Å². The number of hydrogen-bond donors (Lipinski definition) is 1. The summed E-state index contributed by atoms with van der Waals surface area (Å²) in [4.78, 5) is 18.0. The van der Waals surface area contributed by atoms with Crippen LogP contribution in [0.5, 0.6) is 0 Å². The van der Waals surface area contributed by atoms with Gasteiger partial charge in [-0.25, -0.2) is 9.78 Å². The number of pyridine rings is 1. The molecular weight excluding hydrogens is 348 g/mol. The molecule has 0 aliphatic carbocycles. The third-order valence-electron chi connectivity index (χ3n) is 5.58. The summed E-state index contributed by atoms with van der Waals surface area (Å²) >= 11 is 0. The molecule has 0 amide bonds. The first-order valence-electron chi connectivity index (χ1n) is 9.69. The zero-order chi connectivity index (χ0) is 19.1. The van der Waals surface area contributed by atoms with E-state index in [0.717, 1.165) is 47.5 Å². The molecule has 0 bridgehead atoms. The molecular formula is C23H22N4O. The van der Waals surface area contributed by atoms with Crippen LogP contribution in [0.25, 0.3) is 28.0 Å². The molecule has 0 spiro atoms. The fraction of sp³-hybridized carbons (Fsp3) is 0.217. The Labute approximate surface area is 163 Å². The first-order chi connectivity index (χ1) is 13.7. The van der Waals surface area contributed by atoms with Crippen molar-refractivity contribution in [3.8, 4) is 16.8 Å². The maximum atomic E-state index is 13.4. The molecule has 5 rings (SSSR count). The molecule has 28 heavy (non-hydrogen) atoms. The zero-order valence-electron chi connectivity index (χ0n) is 15.8. The van der Waals surface area contributed by atoms with E-state index < -0.39 is 0 Å². The molecule has 5 heteroatoms. The van der Waals surface area contributed by atoms with Gasteiger partial charge in [0.1, 0.15) is 0 Å². The normalized spacial score (nSPS) is 16.7. The molecule has 4 aromatic rings. The largest absolute Gasteiger partial charge is 0.335 e. The molecule has 0 unspecified atom stereocenters. The fourth-order valence-corrected chi connectivity index (χ4v) is 4.19. The van der Waals surface area contributed by atoms with Crippen LogP contribution in [0.4, 0.5) is 0 Å². The molecule has 1 aliphatic rings. The highest BCUT2D eigenvalue weighted by Gasteiger charge is 2.25. The van der Waals surface area contributed by atoms with Crippen molar-refractivity contribution in [2.45, 2.75) is 19.4 Å². The predicted molar refractivity (Wildman–Crippen MR) is 112 cm³/mol. The maximum Gasteiger partial charge on any atom is 0.335 e. The highest BCUT2D eigenvalue weighted by atomic mass is 16.1. The van der Waals surface area contributed by atoms with Gasteiger partial charge in [0.25, 0.3) is 0 Å². The van der Waals surface area contributed by atoms with E-state index in [9.17, 15) is 4.79 Å². The van der Waals surface area contributed by atoms with E-state index in [4.69, 9.17) is 0 Å². The van der Waals surface area contributed by atoms with Crippen molar-refractivity contribution in [3.63, 3.8) is 0 Å². The fourth-order valence-electron chi connectivity index (χ4n) is 4.19. The summed E-state index contributed by atoms with van der Waals surface area (Å²) in [6, 6.07) is 20.6. The molecule has 5 nitrogen and oxygen atoms in total. The Bertz CT molecular complexity index is 1200. The molecule has 3 heterocycles. The van der Waals surface area contributed by atoms with Gasteiger partial charge in [-0.15, -0.1) is 0 Å². The van der Waals surface area contributed by atoms with Gasteiger partial charge >= 0.3 is 5.69 Å². The lowest BCUT2D eigenvalue weighted by Gasteiger charge is -2.11. The molecule has 1 saturated heterocycles. The summed E-state index contributed by atoms with van der Waals surface area (Å²) in [5, 5.41) is 3.35. The van der Waals surface area contributed by atoms with Gasteiger partial charge in [-0.2, -0.15) is 0 Å². The predicted octanol–water partition coefficient (Wildman–Crippen LogP) is 3.70. The van der Waals surface area contributed by atoms with Crippen molar-refractivity contribution in [1.82, 2.24) is 19.4 Å². The number of benzene rings is 2. The lowest BCUT2D eigenvalue weighted by Crippen LogP contribution is -2.28. The molecule has 0 radical (unpaired) electrons. The van der Waals surface area contributed by atoms with Crippen molar-refractivity contribution >= 4 is 11.2 Å². The van der Waals surface area contributed by atoms with Gasteiger partial charge in [0, 0.05) is 12.7 Å². The maximum absolute atomic E-state index is 13.4. The lowest BCUT2D eigenvalue weighted by molar-refractivity contribution is 0.537. The van der Waals surface area contributed by atoms with Crippen LogP contribution in [0.3, 0.4) is 0 Å². The number of aromatic nitrogens is 3. The topological polar surface area (TPSA) is 51.9 Å². The van der Waals surface area contributed by atoms with Crippen LogP contribution in [0.1, 0.15) is 18.0 Å². The number of rotatable bonds is 3. The van der Waals surface area contributed by atoms with Crippen molar-refractivity contribution < 1.29 is 0 Å². The van der Waals surface area contributed by atoms with E-state index in [1.165, 1.54) is 5.56 Å². The number of hydrogen-bond acceptors (Lipinski definition) is 3. The quantitative estimate of drug-likeness (QED) is 0.598. The number of nitrogens with zero attached hydrogens (tertiary/aromatic N) is 3. The highest BCUT2D eigenvalue weighted by Crippen LogP contribution is 2.27. The van der Waals surface area contributed by atoms with E-state index in [2.05, 4.69) is 41.5 Å². The summed E-state index contributed by atoms with van der Waals surface area (Å²) in [6.07, 6.45) is 2.71. The van der Waals surface area contributed by atoms with Crippen molar-refractivity contribution in [3.05, 3.63) is 82.9 Å². The highest BCUT2D eigenvalue weighted by molar-refractivity contribution is 5.75. The van der Waals surface area contributed by atoms with Gasteiger partial charge in [0.2, 0.25) is 0 Å². The average molecular weight is 370 g/mol.